The average Bonchev–Trinajstić information content (AvgIpc) is 2.80. The van der Waals surface area contributed by atoms with E-state index in [0.29, 0.717) is 5.69 Å². The van der Waals surface area contributed by atoms with Crippen LogP contribution in [0.5, 0.6) is 0 Å². The Labute approximate surface area is 133 Å². The second kappa shape index (κ2) is 5.43. The number of hydrogen-bond acceptors (Lipinski definition) is 1. The Balaban J connectivity index is 2.30. The maximum atomic E-state index is 9.49. The van der Waals surface area contributed by atoms with Crippen molar-refractivity contribution in [1.82, 2.24) is 4.40 Å². The summed E-state index contributed by atoms with van der Waals surface area (Å²) in [6.45, 7) is 0. The van der Waals surface area contributed by atoms with Crippen LogP contribution in [-0.2, 0) is 5.33 Å². The van der Waals surface area contributed by atoms with Crippen molar-refractivity contribution < 1.29 is 0 Å². The molecule has 3 rings (SSSR count). The summed E-state index contributed by atoms with van der Waals surface area (Å²) in [4.78, 5) is 0. The molecule has 0 bridgehead atoms. The lowest BCUT2D eigenvalue weighted by Crippen LogP contribution is -1.88. The van der Waals surface area contributed by atoms with E-state index in [-0.39, 0.29) is 0 Å². The molecular weight excluding hydrogens is 380 g/mol. The SMILES string of the molecule is N#Cc1c(-c2ccc(CBr)cc2)c(Br)c2ccccn12. The minimum Gasteiger partial charge on any atom is -0.307 e. The second-order valence-corrected chi connectivity index (χ2v) is 5.79. The van der Waals surface area contributed by atoms with E-state index in [0.717, 1.165) is 26.4 Å². The minimum absolute atomic E-state index is 0.652. The number of nitrogens with zero attached hydrogens (tertiary/aromatic N) is 2. The molecule has 0 fully saturated rings. The van der Waals surface area contributed by atoms with Gasteiger partial charge in [-0.15, -0.1) is 0 Å². The fourth-order valence-electron chi connectivity index (χ4n) is 2.30. The Morgan fingerprint density at radius 3 is 2.50 bits per heavy atom. The first-order valence-electron chi connectivity index (χ1n) is 6.10. The van der Waals surface area contributed by atoms with Crippen LogP contribution in [0.25, 0.3) is 16.6 Å². The molecular formula is C16H10Br2N2. The molecule has 4 heteroatoms. The van der Waals surface area contributed by atoms with Crippen LogP contribution in [0.1, 0.15) is 11.3 Å². The fourth-order valence-corrected chi connectivity index (χ4v) is 3.42. The molecule has 0 amide bonds. The number of aromatic nitrogens is 1. The maximum absolute atomic E-state index is 9.49. The molecule has 98 valence electrons. The van der Waals surface area contributed by atoms with Crippen LogP contribution in [-0.4, -0.2) is 4.40 Å². The third-order valence-corrected chi connectivity index (χ3v) is 4.73. The molecule has 2 nitrogen and oxygen atoms in total. The van der Waals surface area contributed by atoms with Crippen LogP contribution in [0.3, 0.4) is 0 Å². The van der Waals surface area contributed by atoms with E-state index in [1.165, 1.54) is 5.56 Å². The molecule has 3 aromatic rings. The van der Waals surface area contributed by atoms with Crippen LogP contribution in [0, 0.1) is 11.3 Å². The lowest BCUT2D eigenvalue weighted by Gasteiger charge is -2.02. The van der Waals surface area contributed by atoms with Gasteiger partial charge in [-0.05, 0) is 39.2 Å². The highest BCUT2D eigenvalue weighted by atomic mass is 79.9. The first-order valence-corrected chi connectivity index (χ1v) is 8.01. The molecule has 0 saturated heterocycles. The van der Waals surface area contributed by atoms with Gasteiger partial charge in [-0.3, -0.25) is 0 Å². The number of hydrogen-bond donors (Lipinski definition) is 0. The predicted octanol–water partition coefficient (Wildman–Crippen LogP) is 5.14. The topological polar surface area (TPSA) is 28.2 Å². The van der Waals surface area contributed by atoms with Crippen molar-refractivity contribution in [1.29, 1.82) is 5.26 Å². The van der Waals surface area contributed by atoms with Gasteiger partial charge in [0, 0.05) is 17.1 Å². The molecule has 0 N–H and O–H groups in total. The molecule has 0 saturated carbocycles. The maximum Gasteiger partial charge on any atom is 0.133 e. The molecule has 0 aliphatic rings. The summed E-state index contributed by atoms with van der Waals surface area (Å²) in [7, 11) is 0. The van der Waals surface area contributed by atoms with Crippen LogP contribution in [0.15, 0.2) is 53.1 Å². The van der Waals surface area contributed by atoms with Crippen molar-refractivity contribution in [3.8, 4) is 17.2 Å². The summed E-state index contributed by atoms with van der Waals surface area (Å²) < 4.78 is 2.87. The molecule has 20 heavy (non-hydrogen) atoms. The number of nitriles is 1. The Morgan fingerprint density at radius 1 is 1.10 bits per heavy atom. The van der Waals surface area contributed by atoms with E-state index in [9.17, 15) is 5.26 Å². The van der Waals surface area contributed by atoms with Crippen molar-refractivity contribution >= 4 is 37.4 Å². The number of halogens is 2. The molecule has 1 aromatic carbocycles. The Hall–Kier alpha value is -1.57. The number of pyridine rings is 1. The van der Waals surface area contributed by atoms with E-state index in [1.54, 1.807) is 0 Å². The summed E-state index contributed by atoms with van der Waals surface area (Å²) in [5.41, 5.74) is 4.86. The van der Waals surface area contributed by atoms with Crippen LogP contribution < -0.4 is 0 Å². The minimum atomic E-state index is 0.652. The quantitative estimate of drug-likeness (QED) is 0.558. The van der Waals surface area contributed by atoms with Crippen LogP contribution in [0.2, 0.25) is 0 Å². The van der Waals surface area contributed by atoms with Gasteiger partial charge in [0.25, 0.3) is 0 Å². The van der Waals surface area contributed by atoms with Gasteiger partial charge in [0.1, 0.15) is 11.8 Å². The average molecular weight is 390 g/mol. The first-order chi connectivity index (χ1) is 9.76. The third-order valence-electron chi connectivity index (χ3n) is 3.28. The van der Waals surface area contributed by atoms with E-state index >= 15 is 0 Å². The van der Waals surface area contributed by atoms with Crippen LogP contribution in [0.4, 0.5) is 0 Å². The molecule has 0 radical (unpaired) electrons. The molecule has 0 spiro atoms. The number of benzene rings is 1. The fraction of sp³-hybridized carbons (Fsp3) is 0.0625. The smallest absolute Gasteiger partial charge is 0.133 e. The van der Waals surface area contributed by atoms with Gasteiger partial charge in [0.15, 0.2) is 0 Å². The zero-order valence-electron chi connectivity index (χ0n) is 10.5. The van der Waals surface area contributed by atoms with E-state index in [4.69, 9.17) is 0 Å². The van der Waals surface area contributed by atoms with Crippen LogP contribution >= 0.6 is 31.9 Å². The summed E-state index contributed by atoms with van der Waals surface area (Å²) in [6, 6.07) is 16.5. The highest BCUT2D eigenvalue weighted by Gasteiger charge is 2.17. The Kier molecular flexibility index (Phi) is 3.64. The Bertz CT molecular complexity index is 811. The lowest BCUT2D eigenvalue weighted by atomic mass is 10.0. The summed E-state index contributed by atoms with van der Waals surface area (Å²) in [5.74, 6) is 0. The van der Waals surface area contributed by atoms with Gasteiger partial charge in [-0.1, -0.05) is 46.3 Å². The van der Waals surface area contributed by atoms with Crippen molar-refractivity contribution in [2.75, 3.05) is 0 Å². The van der Waals surface area contributed by atoms with Gasteiger partial charge in [0.2, 0.25) is 0 Å². The lowest BCUT2D eigenvalue weighted by molar-refractivity contribution is 1.16. The standard InChI is InChI=1S/C16H10Br2N2/c17-9-11-4-6-12(7-5-11)15-14(10-19)20-8-2-1-3-13(20)16(15)18/h1-8H,9H2. The number of fused-ring (bicyclic) bond motifs is 1. The summed E-state index contributed by atoms with van der Waals surface area (Å²) in [6.07, 6.45) is 1.91. The highest BCUT2D eigenvalue weighted by molar-refractivity contribution is 9.10. The number of rotatable bonds is 2. The molecule has 0 aliphatic carbocycles. The zero-order chi connectivity index (χ0) is 14.1. The van der Waals surface area contributed by atoms with Gasteiger partial charge in [-0.2, -0.15) is 5.26 Å². The molecule has 0 aliphatic heterocycles. The van der Waals surface area contributed by atoms with Crippen molar-refractivity contribution in [3.63, 3.8) is 0 Å². The zero-order valence-corrected chi connectivity index (χ0v) is 13.6. The van der Waals surface area contributed by atoms with Gasteiger partial charge in [0.05, 0.1) is 9.99 Å². The van der Waals surface area contributed by atoms with Crippen molar-refractivity contribution in [3.05, 3.63) is 64.4 Å². The molecule has 0 atom stereocenters. The largest absolute Gasteiger partial charge is 0.307 e. The summed E-state index contributed by atoms with van der Waals surface area (Å²) >= 11 is 7.08. The highest BCUT2D eigenvalue weighted by Crippen LogP contribution is 2.37. The number of alkyl halides is 1. The van der Waals surface area contributed by atoms with Gasteiger partial charge >= 0.3 is 0 Å². The van der Waals surface area contributed by atoms with Crippen molar-refractivity contribution in [2.24, 2.45) is 0 Å². The second-order valence-electron chi connectivity index (χ2n) is 4.44. The van der Waals surface area contributed by atoms with E-state index in [1.807, 2.05) is 28.8 Å². The molecule has 0 unspecified atom stereocenters. The van der Waals surface area contributed by atoms with Gasteiger partial charge in [-0.25, -0.2) is 0 Å². The van der Waals surface area contributed by atoms with Crippen molar-refractivity contribution in [2.45, 2.75) is 5.33 Å². The molecule has 2 aromatic heterocycles. The van der Waals surface area contributed by atoms with Gasteiger partial charge < -0.3 is 4.40 Å². The van der Waals surface area contributed by atoms with E-state index in [2.05, 4.69) is 62.2 Å². The molecule has 2 heterocycles. The Morgan fingerprint density at radius 2 is 1.85 bits per heavy atom. The normalized spacial score (nSPS) is 10.7. The third kappa shape index (κ3) is 2.07. The monoisotopic (exact) mass is 388 g/mol. The predicted molar refractivity (Wildman–Crippen MR) is 87.9 cm³/mol. The first kappa shape index (κ1) is 13.4. The van der Waals surface area contributed by atoms with E-state index < -0.39 is 0 Å². The summed E-state index contributed by atoms with van der Waals surface area (Å²) in [5, 5.41) is 10.3.